The molecule has 2 aromatic carbocycles. The van der Waals surface area contributed by atoms with Gasteiger partial charge < -0.3 is 14.8 Å². The fraction of sp³-hybridized carbons (Fsp3) is 0.400. The monoisotopic (exact) mass is 499 g/mol. The molecule has 184 valence electrons. The minimum atomic E-state index is -0.543. The summed E-state index contributed by atoms with van der Waals surface area (Å²) in [4.78, 5) is 25.4. The summed E-state index contributed by atoms with van der Waals surface area (Å²) in [5, 5.41) is 3.73. The summed E-state index contributed by atoms with van der Waals surface area (Å²) in [6.45, 7) is 6.87. The van der Waals surface area contributed by atoms with Crippen LogP contribution in [0.15, 0.2) is 30.6 Å². The van der Waals surface area contributed by atoms with Gasteiger partial charge in [-0.15, -0.1) is 0 Å². The lowest BCUT2D eigenvalue weighted by molar-refractivity contribution is -0.0720. The van der Waals surface area contributed by atoms with Crippen LogP contribution in [0.25, 0.3) is 10.9 Å². The molecule has 10 heteroatoms. The Morgan fingerprint density at radius 2 is 2.03 bits per heavy atom. The van der Waals surface area contributed by atoms with Crippen LogP contribution in [0.5, 0.6) is 5.75 Å². The van der Waals surface area contributed by atoms with E-state index >= 15 is 0 Å². The summed E-state index contributed by atoms with van der Waals surface area (Å²) in [6, 6.07) is 6.94. The zero-order chi connectivity index (χ0) is 24.7. The Morgan fingerprint density at radius 3 is 2.74 bits per heavy atom. The largest absolute Gasteiger partial charge is 0.494 e. The van der Waals surface area contributed by atoms with E-state index in [4.69, 9.17) is 21.1 Å². The van der Waals surface area contributed by atoms with E-state index in [2.05, 4.69) is 27.1 Å². The van der Waals surface area contributed by atoms with Gasteiger partial charge in [0.2, 0.25) is 0 Å². The van der Waals surface area contributed by atoms with E-state index in [0.29, 0.717) is 54.2 Å². The molecule has 0 aliphatic carbocycles. The number of amides is 1. The number of carbonyl (C=O) groups excluding carboxylic acids is 1. The molecule has 2 saturated heterocycles. The van der Waals surface area contributed by atoms with Gasteiger partial charge in [-0.2, -0.15) is 0 Å². The number of anilines is 3. The number of nitrogens with one attached hydrogen (secondary N) is 1. The number of methoxy groups -OCH3 is 1. The van der Waals surface area contributed by atoms with Crippen LogP contribution in [0, 0.1) is 5.82 Å². The van der Waals surface area contributed by atoms with Gasteiger partial charge in [0.05, 0.1) is 35.6 Å². The zero-order valence-electron chi connectivity index (χ0n) is 19.9. The first-order valence-corrected chi connectivity index (χ1v) is 12.1. The minimum Gasteiger partial charge on any atom is -0.494 e. The first-order chi connectivity index (χ1) is 16.9. The number of hydrogen-bond acceptors (Lipinski definition) is 7. The Kier molecular flexibility index (Phi) is 6.14. The highest BCUT2D eigenvalue weighted by Crippen LogP contribution is 2.41. The Hall–Kier alpha value is -3.17. The van der Waals surface area contributed by atoms with Crippen molar-refractivity contribution in [3.8, 4) is 5.75 Å². The number of carbonyl (C=O) groups is 1. The maximum atomic E-state index is 14.9. The Morgan fingerprint density at radius 1 is 1.23 bits per heavy atom. The molecular formula is C25H27ClFN5O3. The van der Waals surface area contributed by atoms with Crippen molar-refractivity contribution >= 4 is 45.8 Å². The lowest BCUT2D eigenvalue weighted by atomic mass is 9.93. The van der Waals surface area contributed by atoms with E-state index in [-0.39, 0.29) is 10.7 Å². The average molecular weight is 500 g/mol. The van der Waals surface area contributed by atoms with E-state index in [1.807, 2.05) is 6.92 Å². The molecule has 2 fully saturated rings. The van der Waals surface area contributed by atoms with Gasteiger partial charge in [0.25, 0.3) is 0 Å². The van der Waals surface area contributed by atoms with E-state index < -0.39 is 17.5 Å². The summed E-state index contributed by atoms with van der Waals surface area (Å²) in [5.74, 6) is 0.332. The van der Waals surface area contributed by atoms with Crippen molar-refractivity contribution in [3.63, 3.8) is 0 Å². The minimum absolute atomic E-state index is 0.0842. The van der Waals surface area contributed by atoms with Crippen LogP contribution in [0.3, 0.4) is 0 Å². The van der Waals surface area contributed by atoms with Crippen LogP contribution in [-0.4, -0.2) is 59.9 Å². The first-order valence-electron chi connectivity index (χ1n) is 11.7. The lowest BCUT2D eigenvalue weighted by Crippen LogP contribution is -2.63. The van der Waals surface area contributed by atoms with Crippen molar-refractivity contribution in [3.05, 3.63) is 47.0 Å². The van der Waals surface area contributed by atoms with Gasteiger partial charge in [-0.3, -0.25) is 9.80 Å². The number of nitrogens with zero attached hydrogens (tertiary/aromatic N) is 4. The molecule has 5 rings (SSSR count). The molecule has 3 heterocycles. The Bertz CT molecular complexity index is 1300. The maximum Gasteiger partial charge on any atom is 0.415 e. The number of aromatic nitrogens is 2. The number of benzene rings is 2. The number of ether oxygens (including phenoxy) is 2. The fourth-order valence-electron chi connectivity index (χ4n) is 4.85. The second kappa shape index (κ2) is 9.13. The van der Waals surface area contributed by atoms with E-state index in [0.717, 1.165) is 18.5 Å². The van der Waals surface area contributed by atoms with Gasteiger partial charge in [-0.25, -0.2) is 19.2 Å². The molecule has 2 aliphatic heterocycles. The highest BCUT2D eigenvalue weighted by molar-refractivity contribution is 6.31. The van der Waals surface area contributed by atoms with Crippen LogP contribution in [0.2, 0.25) is 5.02 Å². The molecule has 0 unspecified atom stereocenters. The molecule has 1 amide bonds. The van der Waals surface area contributed by atoms with Crippen molar-refractivity contribution in [2.24, 2.45) is 0 Å². The summed E-state index contributed by atoms with van der Waals surface area (Å²) >= 11 is 6.20. The first kappa shape index (κ1) is 23.6. The lowest BCUT2D eigenvalue weighted by Gasteiger charge is -2.45. The molecule has 1 aromatic heterocycles. The third-order valence-electron chi connectivity index (χ3n) is 6.56. The standard InChI is InChI=1S/C25H27ClFN5O3/c1-4-8-31-11-25(12-31)13-32(24(33)35-25)19-9-16-18(10-20(19)34-3)28-14-29-23(16)30-17-7-6-15(5-2)21(26)22(17)27/h6-7,9-10,14H,4-5,8,11-13H2,1-3H3,(H,28,29,30). The van der Waals surface area contributed by atoms with Gasteiger partial charge in [-0.05, 0) is 37.1 Å². The molecule has 1 N–H and O–H groups in total. The third kappa shape index (κ3) is 4.12. The summed E-state index contributed by atoms with van der Waals surface area (Å²) < 4.78 is 26.3. The Labute approximate surface area is 208 Å². The average Bonchev–Trinajstić information content (AvgIpc) is 3.18. The smallest absolute Gasteiger partial charge is 0.415 e. The van der Waals surface area contributed by atoms with Crippen LogP contribution in [-0.2, 0) is 11.2 Å². The van der Waals surface area contributed by atoms with Crippen molar-refractivity contribution in [2.45, 2.75) is 32.3 Å². The molecule has 8 nitrogen and oxygen atoms in total. The predicted octanol–water partition coefficient (Wildman–Crippen LogP) is 5.16. The number of likely N-dealkylation sites (tertiary alicyclic amines) is 1. The van der Waals surface area contributed by atoms with E-state index in [9.17, 15) is 9.18 Å². The molecule has 1 spiro atoms. The highest BCUT2D eigenvalue weighted by Gasteiger charge is 2.54. The summed E-state index contributed by atoms with van der Waals surface area (Å²) in [5.41, 5.74) is 1.55. The van der Waals surface area contributed by atoms with Crippen LogP contribution in [0.4, 0.5) is 26.4 Å². The topological polar surface area (TPSA) is 79.8 Å². The molecule has 0 saturated carbocycles. The second-order valence-electron chi connectivity index (χ2n) is 8.99. The quantitative estimate of drug-likeness (QED) is 0.481. The van der Waals surface area contributed by atoms with E-state index in [1.54, 1.807) is 36.3 Å². The van der Waals surface area contributed by atoms with Crippen molar-refractivity contribution in [2.75, 3.05) is 43.5 Å². The van der Waals surface area contributed by atoms with Crippen LogP contribution < -0.4 is 15.0 Å². The van der Waals surface area contributed by atoms with Gasteiger partial charge in [-0.1, -0.05) is 31.5 Å². The molecule has 35 heavy (non-hydrogen) atoms. The molecule has 0 radical (unpaired) electrons. The van der Waals surface area contributed by atoms with Crippen LogP contribution >= 0.6 is 11.6 Å². The number of halogens is 2. The van der Waals surface area contributed by atoms with Crippen molar-refractivity contribution in [1.82, 2.24) is 14.9 Å². The fourth-order valence-corrected chi connectivity index (χ4v) is 5.15. The Balaban J connectivity index is 1.50. The number of rotatable bonds is 7. The third-order valence-corrected chi connectivity index (χ3v) is 6.97. The maximum absolute atomic E-state index is 14.9. The van der Waals surface area contributed by atoms with Crippen LogP contribution in [0.1, 0.15) is 25.8 Å². The van der Waals surface area contributed by atoms with Gasteiger partial charge in [0, 0.05) is 24.5 Å². The molecule has 2 aliphatic rings. The SMILES string of the molecule is CCCN1CC2(C1)CN(c1cc3c(Nc4ccc(CC)c(Cl)c4F)ncnc3cc1OC)C(=O)O2. The number of fused-ring (bicyclic) bond motifs is 1. The highest BCUT2D eigenvalue weighted by atomic mass is 35.5. The van der Waals surface area contributed by atoms with Gasteiger partial charge in [0.15, 0.2) is 11.4 Å². The molecular weight excluding hydrogens is 473 g/mol. The molecule has 0 atom stereocenters. The second-order valence-corrected chi connectivity index (χ2v) is 9.37. The zero-order valence-corrected chi connectivity index (χ0v) is 20.7. The number of hydrogen-bond donors (Lipinski definition) is 1. The van der Waals surface area contributed by atoms with E-state index in [1.165, 1.54) is 6.33 Å². The number of aryl methyl sites for hydroxylation is 1. The molecule has 0 bridgehead atoms. The predicted molar refractivity (Wildman–Crippen MR) is 133 cm³/mol. The normalized spacial score (nSPS) is 17.1. The van der Waals surface area contributed by atoms with Gasteiger partial charge in [0.1, 0.15) is 17.9 Å². The van der Waals surface area contributed by atoms with Crippen molar-refractivity contribution < 1.29 is 18.7 Å². The van der Waals surface area contributed by atoms with Gasteiger partial charge >= 0.3 is 6.09 Å². The molecule has 3 aromatic rings. The van der Waals surface area contributed by atoms with Crippen molar-refractivity contribution in [1.29, 1.82) is 0 Å². The summed E-state index contributed by atoms with van der Waals surface area (Å²) in [7, 11) is 1.54. The summed E-state index contributed by atoms with van der Waals surface area (Å²) in [6.07, 6.45) is 2.64.